The lowest BCUT2D eigenvalue weighted by atomic mass is 10.3. The molecule has 0 aliphatic carbocycles. The van der Waals surface area contributed by atoms with Crippen LogP contribution in [-0.2, 0) is 12.8 Å². The van der Waals surface area contributed by atoms with Crippen molar-refractivity contribution in [1.82, 2.24) is 25.8 Å². The minimum Gasteiger partial charge on any atom is -0.356 e. The SMILES string of the molecule is CN=C(NCCCc1nc(C)no1)NCCc1nc(C)c(C)s1.I. The molecule has 24 heavy (non-hydrogen) atoms. The number of rotatable bonds is 7. The van der Waals surface area contributed by atoms with Crippen molar-refractivity contribution in [2.45, 2.75) is 40.0 Å². The lowest BCUT2D eigenvalue weighted by Gasteiger charge is -2.10. The molecule has 0 saturated heterocycles. The largest absolute Gasteiger partial charge is 0.356 e. The number of nitrogens with one attached hydrogen (secondary N) is 2. The van der Waals surface area contributed by atoms with Crippen LogP contribution in [0.15, 0.2) is 9.52 Å². The first kappa shape index (κ1) is 20.8. The average molecular weight is 464 g/mol. The van der Waals surface area contributed by atoms with Crippen molar-refractivity contribution in [3.63, 3.8) is 0 Å². The predicted molar refractivity (Wildman–Crippen MR) is 107 cm³/mol. The molecule has 0 amide bonds. The molecule has 0 unspecified atom stereocenters. The summed E-state index contributed by atoms with van der Waals surface area (Å²) in [4.78, 5) is 14.2. The molecule has 0 atom stereocenters. The summed E-state index contributed by atoms with van der Waals surface area (Å²) in [5, 5.41) is 11.5. The van der Waals surface area contributed by atoms with Gasteiger partial charge in [0.05, 0.1) is 10.7 Å². The van der Waals surface area contributed by atoms with Gasteiger partial charge in [-0.1, -0.05) is 5.16 Å². The van der Waals surface area contributed by atoms with E-state index < -0.39 is 0 Å². The van der Waals surface area contributed by atoms with Gasteiger partial charge in [0.2, 0.25) is 5.89 Å². The number of hydrogen-bond donors (Lipinski definition) is 2. The normalized spacial score (nSPS) is 11.2. The quantitative estimate of drug-likeness (QED) is 0.283. The second-order valence-corrected chi connectivity index (χ2v) is 6.55. The number of thiazole rings is 1. The molecule has 0 spiro atoms. The Hall–Kier alpha value is -1.23. The molecule has 2 heterocycles. The second-order valence-electron chi connectivity index (χ2n) is 5.26. The van der Waals surface area contributed by atoms with E-state index in [1.54, 1.807) is 18.4 Å². The van der Waals surface area contributed by atoms with Gasteiger partial charge in [-0.05, 0) is 27.2 Å². The van der Waals surface area contributed by atoms with Gasteiger partial charge in [0, 0.05) is 37.9 Å². The van der Waals surface area contributed by atoms with Crippen LogP contribution in [0.5, 0.6) is 0 Å². The maximum atomic E-state index is 5.08. The van der Waals surface area contributed by atoms with Crippen molar-refractivity contribution in [3.8, 4) is 0 Å². The van der Waals surface area contributed by atoms with E-state index in [9.17, 15) is 0 Å². The molecule has 0 bridgehead atoms. The Morgan fingerprint density at radius 2 is 1.88 bits per heavy atom. The Kier molecular flexibility index (Phi) is 9.19. The number of aromatic nitrogens is 3. The lowest BCUT2D eigenvalue weighted by Crippen LogP contribution is -2.38. The maximum Gasteiger partial charge on any atom is 0.226 e. The molecule has 7 nitrogen and oxygen atoms in total. The number of hydrogen-bond acceptors (Lipinski definition) is 6. The van der Waals surface area contributed by atoms with E-state index >= 15 is 0 Å². The minimum absolute atomic E-state index is 0. The summed E-state index contributed by atoms with van der Waals surface area (Å²) in [6, 6.07) is 0. The summed E-state index contributed by atoms with van der Waals surface area (Å²) >= 11 is 1.76. The highest BCUT2D eigenvalue weighted by Crippen LogP contribution is 2.16. The first-order chi connectivity index (χ1) is 11.1. The molecule has 0 fully saturated rings. The van der Waals surface area contributed by atoms with Crippen LogP contribution in [0.25, 0.3) is 0 Å². The fraction of sp³-hybridized carbons (Fsp3) is 0.600. The Morgan fingerprint density at radius 3 is 2.46 bits per heavy atom. The van der Waals surface area contributed by atoms with E-state index in [1.807, 2.05) is 13.8 Å². The van der Waals surface area contributed by atoms with E-state index in [0.717, 1.165) is 49.0 Å². The smallest absolute Gasteiger partial charge is 0.226 e. The molecular weight excluding hydrogens is 439 g/mol. The van der Waals surface area contributed by atoms with Crippen LogP contribution >= 0.6 is 35.3 Å². The van der Waals surface area contributed by atoms with Crippen molar-refractivity contribution in [1.29, 1.82) is 0 Å². The molecule has 0 aromatic carbocycles. The summed E-state index contributed by atoms with van der Waals surface area (Å²) in [5.41, 5.74) is 1.13. The van der Waals surface area contributed by atoms with Crippen LogP contribution in [-0.4, -0.2) is 41.2 Å². The summed E-state index contributed by atoms with van der Waals surface area (Å²) in [5.74, 6) is 2.16. The Balaban J connectivity index is 0.00000288. The van der Waals surface area contributed by atoms with Crippen LogP contribution < -0.4 is 10.6 Å². The van der Waals surface area contributed by atoms with Gasteiger partial charge in [0.15, 0.2) is 11.8 Å². The van der Waals surface area contributed by atoms with Gasteiger partial charge < -0.3 is 15.2 Å². The molecule has 0 aliphatic heterocycles. The van der Waals surface area contributed by atoms with Crippen molar-refractivity contribution in [3.05, 3.63) is 27.3 Å². The third-order valence-electron chi connectivity index (χ3n) is 3.36. The fourth-order valence-electron chi connectivity index (χ4n) is 2.04. The molecule has 2 aromatic rings. The molecule has 2 N–H and O–H groups in total. The third kappa shape index (κ3) is 6.71. The van der Waals surface area contributed by atoms with Crippen LogP contribution in [0.3, 0.4) is 0 Å². The van der Waals surface area contributed by atoms with E-state index in [4.69, 9.17) is 4.52 Å². The van der Waals surface area contributed by atoms with Crippen molar-refractivity contribution in [2.24, 2.45) is 4.99 Å². The maximum absolute atomic E-state index is 5.08. The highest BCUT2D eigenvalue weighted by Gasteiger charge is 2.05. The molecule has 0 aliphatic rings. The van der Waals surface area contributed by atoms with E-state index in [1.165, 1.54) is 4.88 Å². The molecule has 9 heteroatoms. The standard InChI is InChI=1S/C15H24N6OS.HI/c1-10-11(2)23-14(19-10)7-9-18-15(16-4)17-8-5-6-13-20-12(3)21-22-13;/h5-9H2,1-4H3,(H2,16,17,18);1H. The highest BCUT2D eigenvalue weighted by molar-refractivity contribution is 14.0. The molecule has 2 rings (SSSR count). The first-order valence-corrected chi connectivity index (χ1v) is 8.56. The van der Waals surface area contributed by atoms with Gasteiger partial charge in [-0.3, -0.25) is 4.99 Å². The molecule has 0 radical (unpaired) electrons. The Labute approximate surface area is 163 Å². The van der Waals surface area contributed by atoms with Crippen LogP contribution in [0.1, 0.15) is 33.7 Å². The fourth-order valence-corrected chi connectivity index (χ4v) is 2.98. The van der Waals surface area contributed by atoms with Crippen molar-refractivity contribution >= 4 is 41.3 Å². The van der Waals surface area contributed by atoms with Gasteiger partial charge in [0.1, 0.15) is 0 Å². The van der Waals surface area contributed by atoms with Crippen molar-refractivity contribution in [2.75, 3.05) is 20.1 Å². The molecule has 0 saturated carbocycles. The van der Waals surface area contributed by atoms with Gasteiger partial charge >= 0.3 is 0 Å². The average Bonchev–Trinajstić information content (AvgIpc) is 3.07. The van der Waals surface area contributed by atoms with Gasteiger partial charge in [0.25, 0.3) is 0 Å². The zero-order valence-electron chi connectivity index (χ0n) is 14.5. The number of nitrogens with zero attached hydrogens (tertiary/aromatic N) is 4. The summed E-state index contributed by atoms with van der Waals surface area (Å²) in [7, 11) is 1.77. The topological polar surface area (TPSA) is 88.2 Å². The van der Waals surface area contributed by atoms with E-state index in [0.29, 0.717) is 11.7 Å². The van der Waals surface area contributed by atoms with Gasteiger partial charge in [-0.25, -0.2) is 4.98 Å². The zero-order valence-corrected chi connectivity index (χ0v) is 17.7. The van der Waals surface area contributed by atoms with Crippen LogP contribution in [0, 0.1) is 20.8 Å². The Bertz CT molecular complexity index is 635. The molecular formula is C15H25IN6OS. The van der Waals surface area contributed by atoms with Crippen LogP contribution in [0.4, 0.5) is 0 Å². The molecule has 2 aromatic heterocycles. The van der Waals surface area contributed by atoms with E-state index in [-0.39, 0.29) is 24.0 Å². The van der Waals surface area contributed by atoms with Crippen LogP contribution in [0.2, 0.25) is 0 Å². The van der Waals surface area contributed by atoms with E-state index in [2.05, 4.69) is 37.7 Å². The summed E-state index contributed by atoms with van der Waals surface area (Å²) < 4.78 is 5.08. The second kappa shape index (κ2) is 10.6. The number of aliphatic imine (C=N–C) groups is 1. The lowest BCUT2D eigenvalue weighted by molar-refractivity contribution is 0.372. The number of halogens is 1. The van der Waals surface area contributed by atoms with Gasteiger partial charge in [-0.2, -0.15) is 4.98 Å². The third-order valence-corrected chi connectivity index (χ3v) is 4.49. The highest BCUT2D eigenvalue weighted by atomic mass is 127. The molecule has 134 valence electrons. The minimum atomic E-state index is 0. The Morgan fingerprint density at radius 1 is 1.12 bits per heavy atom. The van der Waals surface area contributed by atoms with Gasteiger partial charge in [-0.15, -0.1) is 35.3 Å². The predicted octanol–water partition coefficient (Wildman–Crippen LogP) is 2.41. The summed E-state index contributed by atoms with van der Waals surface area (Å²) in [6.45, 7) is 7.59. The zero-order chi connectivity index (χ0) is 16.7. The number of aryl methyl sites for hydroxylation is 4. The monoisotopic (exact) mass is 464 g/mol. The summed E-state index contributed by atoms with van der Waals surface area (Å²) in [6.07, 6.45) is 2.58. The first-order valence-electron chi connectivity index (χ1n) is 7.75. The van der Waals surface area contributed by atoms with Crippen molar-refractivity contribution < 1.29 is 4.52 Å². The number of guanidine groups is 1.